The molecule has 1 fully saturated rings. The summed E-state index contributed by atoms with van der Waals surface area (Å²) < 4.78 is 26.5. The second kappa shape index (κ2) is 8.51. The zero-order chi connectivity index (χ0) is 20.1. The maximum absolute atomic E-state index is 11.7. The highest BCUT2D eigenvalue weighted by Crippen LogP contribution is 2.13. The summed E-state index contributed by atoms with van der Waals surface area (Å²) in [6, 6.07) is 14.3. The van der Waals surface area contributed by atoms with E-state index in [0.717, 1.165) is 34.0 Å². The molecule has 1 heterocycles. The molecule has 3 rings (SSSR count). The molecule has 8 nitrogen and oxygen atoms in total. The second-order valence-corrected chi connectivity index (χ2v) is 8.21. The van der Waals surface area contributed by atoms with Crippen LogP contribution in [-0.4, -0.2) is 42.8 Å². The van der Waals surface area contributed by atoms with Crippen molar-refractivity contribution in [3.05, 3.63) is 70.8 Å². The van der Waals surface area contributed by atoms with Crippen LogP contribution in [0.1, 0.15) is 27.0 Å². The molecule has 0 spiro atoms. The number of benzene rings is 2. The van der Waals surface area contributed by atoms with Gasteiger partial charge in [-0.25, -0.2) is 9.52 Å². The van der Waals surface area contributed by atoms with E-state index in [9.17, 15) is 18.0 Å². The number of hydrogen-bond donors (Lipinski definition) is 3. The Labute approximate surface area is 163 Å². The summed E-state index contributed by atoms with van der Waals surface area (Å²) in [4.78, 5) is 22.1. The molecule has 2 aromatic rings. The molecule has 1 amide bonds. The van der Waals surface area contributed by atoms with Gasteiger partial charge in [-0.05, 0) is 41.8 Å². The van der Waals surface area contributed by atoms with Crippen LogP contribution in [0.25, 0.3) is 0 Å². The SMILES string of the molecule is O=C1CN(Cc2ccc(CNCCc3ccc(C(=O)O)cc3)cc2)S(=O)(=O)N1. The van der Waals surface area contributed by atoms with Crippen molar-refractivity contribution in [1.82, 2.24) is 14.3 Å². The Kier molecular flexibility index (Phi) is 6.08. The molecule has 28 heavy (non-hydrogen) atoms. The highest BCUT2D eigenvalue weighted by atomic mass is 32.2. The van der Waals surface area contributed by atoms with Crippen molar-refractivity contribution in [3.63, 3.8) is 0 Å². The second-order valence-electron chi connectivity index (χ2n) is 6.54. The maximum Gasteiger partial charge on any atom is 0.335 e. The zero-order valence-corrected chi connectivity index (χ0v) is 15.9. The number of rotatable bonds is 8. The van der Waals surface area contributed by atoms with Gasteiger partial charge < -0.3 is 10.4 Å². The molecule has 1 aliphatic rings. The van der Waals surface area contributed by atoms with Crippen LogP contribution in [0.3, 0.4) is 0 Å². The zero-order valence-electron chi connectivity index (χ0n) is 15.1. The fourth-order valence-corrected chi connectivity index (χ4v) is 3.96. The number of amides is 1. The average molecular weight is 403 g/mol. The van der Waals surface area contributed by atoms with E-state index in [4.69, 9.17) is 5.11 Å². The predicted molar refractivity (Wildman–Crippen MR) is 103 cm³/mol. The van der Waals surface area contributed by atoms with Crippen molar-refractivity contribution in [1.29, 1.82) is 0 Å². The minimum absolute atomic E-state index is 0.154. The Hall–Kier alpha value is -2.75. The fraction of sp³-hybridized carbons (Fsp3) is 0.263. The van der Waals surface area contributed by atoms with Gasteiger partial charge in [-0.2, -0.15) is 12.7 Å². The van der Waals surface area contributed by atoms with E-state index in [1.807, 2.05) is 41.1 Å². The number of carboxylic acids is 1. The lowest BCUT2D eigenvalue weighted by Crippen LogP contribution is -2.29. The van der Waals surface area contributed by atoms with Crippen LogP contribution in [-0.2, 0) is 34.5 Å². The summed E-state index contributed by atoms with van der Waals surface area (Å²) in [5.74, 6) is -1.45. The Balaban J connectivity index is 1.44. The first-order chi connectivity index (χ1) is 13.3. The predicted octanol–water partition coefficient (Wildman–Crippen LogP) is 0.894. The Morgan fingerprint density at radius 1 is 1.04 bits per heavy atom. The standard InChI is InChI=1S/C19H21N3O5S/c23-18-13-22(28(26,27)21-18)12-16-3-1-15(2-4-16)11-20-10-9-14-5-7-17(8-6-14)19(24)25/h1-8,20H,9-13H2,(H,21,23)(H,24,25). The largest absolute Gasteiger partial charge is 0.478 e. The number of hydrogen-bond acceptors (Lipinski definition) is 5. The number of carbonyl (C=O) groups excluding carboxylic acids is 1. The van der Waals surface area contributed by atoms with Gasteiger partial charge in [-0.3, -0.25) is 4.79 Å². The first-order valence-corrected chi connectivity index (χ1v) is 10.2. The summed E-state index contributed by atoms with van der Waals surface area (Å²) in [5, 5.41) is 12.2. The van der Waals surface area contributed by atoms with Crippen molar-refractivity contribution in [2.45, 2.75) is 19.5 Å². The van der Waals surface area contributed by atoms with Gasteiger partial charge in [0, 0.05) is 13.1 Å². The molecule has 3 N–H and O–H groups in total. The van der Waals surface area contributed by atoms with Crippen LogP contribution < -0.4 is 10.0 Å². The minimum atomic E-state index is -3.71. The lowest BCUT2D eigenvalue weighted by Gasteiger charge is -2.12. The summed E-state index contributed by atoms with van der Waals surface area (Å²) in [5.41, 5.74) is 3.20. The van der Waals surface area contributed by atoms with E-state index in [0.29, 0.717) is 6.54 Å². The highest BCUT2D eigenvalue weighted by molar-refractivity contribution is 7.88. The Bertz CT molecular complexity index is 956. The Morgan fingerprint density at radius 3 is 2.21 bits per heavy atom. The topological polar surface area (TPSA) is 116 Å². The molecular formula is C19H21N3O5S. The monoisotopic (exact) mass is 403 g/mol. The van der Waals surface area contributed by atoms with E-state index in [1.54, 1.807) is 12.1 Å². The van der Waals surface area contributed by atoms with Gasteiger partial charge in [-0.15, -0.1) is 0 Å². The third-order valence-electron chi connectivity index (χ3n) is 4.41. The third-order valence-corrected chi connectivity index (χ3v) is 5.83. The molecular weight excluding hydrogens is 382 g/mol. The number of nitrogens with zero attached hydrogens (tertiary/aromatic N) is 1. The van der Waals surface area contributed by atoms with Crippen molar-refractivity contribution < 1.29 is 23.1 Å². The Morgan fingerprint density at radius 2 is 1.64 bits per heavy atom. The molecule has 0 aliphatic carbocycles. The molecule has 0 radical (unpaired) electrons. The summed E-state index contributed by atoms with van der Waals surface area (Å²) in [7, 11) is -3.71. The molecule has 2 aromatic carbocycles. The first-order valence-electron chi connectivity index (χ1n) is 8.75. The van der Waals surface area contributed by atoms with E-state index in [1.165, 1.54) is 0 Å². The summed E-state index contributed by atoms with van der Waals surface area (Å²) in [6.07, 6.45) is 0.784. The van der Waals surface area contributed by atoms with Gasteiger partial charge in [0.15, 0.2) is 0 Å². The van der Waals surface area contributed by atoms with E-state index < -0.39 is 22.1 Å². The van der Waals surface area contributed by atoms with Crippen molar-refractivity contribution >= 4 is 22.1 Å². The number of nitrogens with one attached hydrogen (secondary N) is 2. The van der Waals surface area contributed by atoms with Crippen LogP contribution in [0.4, 0.5) is 0 Å². The van der Waals surface area contributed by atoms with Crippen LogP contribution in [0.2, 0.25) is 0 Å². The summed E-state index contributed by atoms with van der Waals surface area (Å²) in [6.45, 7) is 1.41. The molecule has 0 bridgehead atoms. The van der Waals surface area contributed by atoms with Crippen molar-refractivity contribution in [2.24, 2.45) is 0 Å². The molecule has 0 saturated carbocycles. The maximum atomic E-state index is 11.7. The molecule has 1 aliphatic heterocycles. The fourth-order valence-electron chi connectivity index (χ4n) is 2.87. The van der Waals surface area contributed by atoms with Crippen molar-refractivity contribution in [2.75, 3.05) is 13.1 Å². The normalized spacial score (nSPS) is 16.1. The van der Waals surface area contributed by atoms with Crippen molar-refractivity contribution in [3.8, 4) is 0 Å². The molecule has 1 saturated heterocycles. The first kappa shape index (κ1) is 20.0. The van der Waals surface area contributed by atoms with Gasteiger partial charge in [0.1, 0.15) is 0 Å². The van der Waals surface area contributed by atoms with E-state index in [-0.39, 0.29) is 18.7 Å². The quantitative estimate of drug-likeness (QED) is 0.564. The lowest BCUT2D eigenvalue weighted by molar-refractivity contribution is -0.118. The van der Waals surface area contributed by atoms with Crippen LogP contribution in [0.15, 0.2) is 48.5 Å². The molecule has 148 valence electrons. The smallest absolute Gasteiger partial charge is 0.335 e. The van der Waals surface area contributed by atoms with Crippen LogP contribution in [0.5, 0.6) is 0 Å². The average Bonchev–Trinajstić information content (AvgIpc) is 2.91. The van der Waals surface area contributed by atoms with Crippen LogP contribution >= 0.6 is 0 Å². The van der Waals surface area contributed by atoms with Gasteiger partial charge >= 0.3 is 16.2 Å². The minimum Gasteiger partial charge on any atom is -0.478 e. The summed E-state index contributed by atoms with van der Waals surface area (Å²) >= 11 is 0. The van der Waals surface area contributed by atoms with Gasteiger partial charge in [0.25, 0.3) is 0 Å². The van der Waals surface area contributed by atoms with Gasteiger partial charge in [0.05, 0.1) is 12.1 Å². The lowest BCUT2D eigenvalue weighted by atomic mass is 10.1. The van der Waals surface area contributed by atoms with Gasteiger partial charge in [-0.1, -0.05) is 36.4 Å². The number of carboxylic acid groups (broad SMARTS) is 1. The molecule has 9 heteroatoms. The number of carbonyl (C=O) groups is 2. The molecule has 0 aromatic heterocycles. The van der Waals surface area contributed by atoms with E-state index >= 15 is 0 Å². The number of aromatic carboxylic acids is 1. The van der Waals surface area contributed by atoms with Crippen LogP contribution in [0, 0.1) is 0 Å². The third kappa shape index (κ3) is 5.16. The molecule has 0 unspecified atom stereocenters. The highest BCUT2D eigenvalue weighted by Gasteiger charge is 2.33. The molecule has 0 atom stereocenters. The van der Waals surface area contributed by atoms with E-state index in [2.05, 4.69) is 5.32 Å². The van der Waals surface area contributed by atoms with Gasteiger partial charge in [0.2, 0.25) is 5.91 Å².